The lowest BCUT2D eigenvalue weighted by Gasteiger charge is -2.12. The van der Waals surface area contributed by atoms with Crippen molar-refractivity contribution in [3.63, 3.8) is 0 Å². The number of aromatic nitrogens is 1. The van der Waals surface area contributed by atoms with Crippen LogP contribution in [0, 0.1) is 12.7 Å². The molecule has 0 unspecified atom stereocenters. The number of rotatable bonds is 7. The molecule has 9 heteroatoms. The number of halogens is 4. The number of pyridine rings is 1. The van der Waals surface area contributed by atoms with E-state index in [0.29, 0.717) is 17.8 Å². The van der Waals surface area contributed by atoms with E-state index in [1.807, 2.05) is 0 Å². The zero-order chi connectivity index (χ0) is 20.9. The summed E-state index contributed by atoms with van der Waals surface area (Å²) in [7, 11) is 0. The third-order valence-corrected chi connectivity index (χ3v) is 3.73. The van der Waals surface area contributed by atoms with Crippen LogP contribution >= 0.6 is 0 Å². The first kappa shape index (κ1) is 21.3. The number of amides is 1. The minimum absolute atomic E-state index is 0.0343. The van der Waals surface area contributed by atoms with Gasteiger partial charge in [-0.3, -0.25) is 14.6 Å². The van der Waals surface area contributed by atoms with Gasteiger partial charge in [-0.05, 0) is 37.3 Å². The van der Waals surface area contributed by atoms with E-state index >= 15 is 0 Å². The minimum Gasteiger partial charge on any atom is -0.406 e. The Kier molecular flexibility index (Phi) is 6.71. The van der Waals surface area contributed by atoms with Crippen molar-refractivity contribution in [1.29, 1.82) is 0 Å². The Morgan fingerprint density at radius 2 is 1.89 bits per heavy atom. The van der Waals surface area contributed by atoms with E-state index in [1.165, 1.54) is 12.1 Å². The Morgan fingerprint density at radius 3 is 2.54 bits per heavy atom. The standard InChI is InChI=1S/C19H18F4N2O3/c1-3-15(26)9-14-7-12(6-11(2)25-14)18(27)24-10-13-8-16(4-5-17(13)20)28-19(21,22)23/h4-8H,3,9-10H2,1-2H3,(H,24,27). The molecule has 0 aliphatic carbocycles. The number of aryl methyl sites for hydroxylation is 1. The van der Waals surface area contributed by atoms with Crippen molar-refractivity contribution in [1.82, 2.24) is 10.3 Å². The lowest BCUT2D eigenvalue weighted by molar-refractivity contribution is -0.274. The molecule has 1 amide bonds. The van der Waals surface area contributed by atoms with Gasteiger partial charge in [0, 0.05) is 41.9 Å². The number of hydrogen-bond donors (Lipinski definition) is 1. The van der Waals surface area contributed by atoms with Crippen molar-refractivity contribution in [3.8, 4) is 5.75 Å². The molecular weight excluding hydrogens is 380 g/mol. The molecule has 0 aliphatic rings. The molecule has 0 saturated heterocycles. The van der Waals surface area contributed by atoms with Gasteiger partial charge in [-0.15, -0.1) is 13.2 Å². The fourth-order valence-electron chi connectivity index (χ4n) is 2.45. The highest BCUT2D eigenvalue weighted by Gasteiger charge is 2.31. The lowest BCUT2D eigenvalue weighted by atomic mass is 10.1. The van der Waals surface area contributed by atoms with Crippen molar-refractivity contribution in [2.45, 2.75) is 39.6 Å². The highest BCUT2D eigenvalue weighted by atomic mass is 19.4. The quantitative estimate of drug-likeness (QED) is 0.719. The van der Waals surface area contributed by atoms with Crippen molar-refractivity contribution < 1.29 is 31.9 Å². The first-order valence-corrected chi connectivity index (χ1v) is 8.39. The summed E-state index contributed by atoms with van der Waals surface area (Å²) in [6.07, 6.45) is -4.48. The summed E-state index contributed by atoms with van der Waals surface area (Å²) in [5.74, 6) is -1.97. The van der Waals surface area contributed by atoms with Crippen LogP contribution in [0.2, 0.25) is 0 Å². The van der Waals surface area contributed by atoms with Gasteiger partial charge >= 0.3 is 6.36 Å². The van der Waals surface area contributed by atoms with Crippen LogP contribution in [0.4, 0.5) is 17.6 Å². The van der Waals surface area contributed by atoms with E-state index in [1.54, 1.807) is 13.8 Å². The molecular formula is C19H18F4N2O3. The molecule has 0 saturated carbocycles. The molecule has 0 bridgehead atoms. The van der Waals surface area contributed by atoms with Gasteiger partial charge in [0.2, 0.25) is 0 Å². The topological polar surface area (TPSA) is 68.3 Å². The van der Waals surface area contributed by atoms with Crippen LogP contribution in [0.25, 0.3) is 0 Å². The molecule has 0 aliphatic heterocycles. The lowest BCUT2D eigenvalue weighted by Crippen LogP contribution is -2.24. The summed E-state index contributed by atoms with van der Waals surface area (Å²) in [5.41, 5.74) is 1.01. The van der Waals surface area contributed by atoms with Gasteiger partial charge in [-0.1, -0.05) is 6.92 Å². The number of Topliss-reactive ketones (excluding diaryl/α,β-unsaturated/α-hetero) is 1. The molecule has 28 heavy (non-hydrogen) atoms. The molecule has 5 nitrogen and oxygen atoms in total. The second-order valence-corrected chi connectivity index (χ2v) is 6.04. The van der Waals surface area contributed by atoms with Crippen molar-refractivity contribution >= 4 is 11.7 Å². The van der Waals surface area contributed by atoms with Crippen molar-refractivity contribution in [3.05, 3.63) is 58.7 Å². The summed E-state index contributed by atoms with van der Waals surface area (Å²) in [6.45, 7) is 3.04. The van der Waals surface area contributed by atoms with Crippen LogP contribution in [0.5, 0.6) is 5.75 Å². The average molecular weight is 398 g/mol. The van der Waals surface area contributed by atoms with Crippen molar-refractivity contribution in [2.24, 2.45) is 0 Å². The summed E-state index contributed by atoms with van der Waals surface area (Å²) in [4.78, 5) is 28.1. The number of carbonyl (C=O) groups is 2. The summed E-state index contributed by atoms with van der Waals surface area (Å²) in [5, 5.41) is 2.44. The maximum Gasteiger partial charge on any atom is 0.573 e. The fraction of sp³-hybridized carbons (Fsp3) is 0.316. The van der Waals surface area contributed by atoms with E-state index in [-0.39, 0.29) is 29.9 Å². The normalized spacial score (nSPS) is 11.2. The summed E-state index contributed by atoms with van der Waals surface area (Å²) >= 11 is 0. The molecule has 1 aromatic carbocycles. The smallest absolute Gasteiger partial charge is 0.406 e. The van der Waals surface area contributed by atoms with Gasteiger partial charge in [0.25, 0.3) is 5.91 Å². The van der Waals surface area contributed by atoms with E-state index in [9.17, 15) is 27.2 Å². The molecule has 150 valence electrons. The Morgan fingerprint density at radius 1 is 1.18 bits per heavy atom. The number of ether oxygens (including phenoxy) is 1. The number of benzene rings is 1. The molecule has 1 N–H and O–H groups in total. The Balaban J connectivity index is 2.12. The second-order valence-electron chi connectivity index (χ2n) is 6.04. The van der Waals surface area contributed by atoms with Crippen LogP contribution in [0.15, 0.2) is 30.3 Å². The highest BCUT2D eigenvalue weighted by molar-refractivity contribution is 5.94. The van der Waals surface area contributed by atoms with Gasteiger partial charge in [0.1, 0.15) is 17.3 Å². The molecule has 2 rings (SSSR count). The number of ketones is 1. The molecule has 2 aromatic rings. The number of nitrogens with one attached hydrogen (secondary N) is 1. The van der Waals surface area contributed by atoms with Gasteiger partial charge < -0.3 is 10.1 Å². The van der Waals surface area contributed by atoms with E-state index in [2.05, 4.69) is 15.0 Å². The predicted molar refractivity (Wildman–Crippen MR) is 92.2 cm³/mol. The van der Waals surface area contributed by atoms with E-state index < -0.39 is 23.8 Å². The van der Waals surface area contributed by atoms with Crippen LogP contribution in [-0.2, 0) is 17.8 Å². The monoisotopic (exact) mass is 398 g/mol. The molecule has 0 fully saturated rings. The molecule has 1 heterocycles. The fourth-order valence-corrected chi connectivity index (χ4v) is 2.45. The largest absolute Gasteiger partial charge is 0.573 e. The van der Waals surface area contributed by atoms with Crippen LogP contribution in [0.3, 0.4) is 0 Å². The summed E-state index contributed by atoms with van der Waals surface area (Å²) < 4.78 is 54.4. The maximum atomic E-state index is 13.8. The second kappa shape index (κ2) is 8.81. The zero-order valence-electron chi connectivity index (χ0n) is 15.2. The van der Waals surface area contributed by atoms with Gasteiger partial charge in [0.05, 0.1) is 0 Å². The molecule has 1 aromatic heterocycles. The number of alkyl halides is 3. The molecule has 0 atom stereocenters. The first-order valence-electron chi connectivity index (χ1n) is 8.39. The van der Waals surface area contributed by atoms with Crippen molar-refractivity contribution in [2.75, 3.05) is 0 Å². The Bertz CT molecular complexity index is 882. The zero-order valence-corrected chi connectivity index (χ0v) is 15.2. The number of hydrogen-bond acceptors (Lipinski definition) is 4. The minimum atomic E-state index is -4.90. The van der Waals surface area contributed by atoms with Gasteiger partial charge in [-0.2, -0.15) is 0 Å². The van der Waals surface area contributed by atoms with E-state index in [4.69, 9.17) is 0 Å². The Hall–Kier alpha value is -2.97. The molecule has 0 spiro atoms. The highest BCUT2D eigenvalue weighted by Crippen LogP contribution is 2.24. The van der Waals surface area contributed by atoms with E-state index in [0.717, 1.165) is 18.2 Å². The third-order valence-electron chi connectivity index (χ3n) is 3.73. The van der Waals surface area contributed by atoms with Crippen LogP contribution in [-0.4, -0.2) is 23.0 Å². The number of nitrogens with zero attached hydrogens (tertiary/aromatic N) is 1. The third kappa shape index (κ3) is 6.33. The average Bonchev–Trinajstić information content (AvgIpc) is 2.60. The van der Waals surface area contributed by atoms with Crippen LogP contribution < -0.4 is 10.1 Å². The predicted octanol–water partition coefficient (Wildman–Crippen LogP) is 3.88. The van der Waals surface area contributed by atoms with Gasteiger partial charge in [-0.25, -0.2) is 4.39 Å². The maximum absolute atomic E-state index is 13.8. The SMILES string of the molecule is CCC(=O)Cc1cc(C(=O)NCc2cc(OC(F)(F)F)ccc2F)cc(C)n1. The number of carbonyl (C=O) groups excluding carboxylic acids is 2. The van der Waals surface area contributed by atoms with Crippen LogP contribution in [0.1, 0.15) is 40.7 Å². The molecule has 0 radical (unpaired) electrons. The Labute approximate surface area is 158 Å². The van der Waals surface area contributed by atoms with Gasteiger partial charge in [0.15, 0.2) is 0 Å². The first-order chi connectivity index (χ1) is 13.1. The summed E-state index contributed by atoms with van der Waals surface area (Å²) in [6, 6.07) is 5.49.